The highest BCUT2D eigenvalue weighted by Gasteiger charge is 2.67. The van der Waals surface area contributed by atoms with Crippen LogP contribution in [0, 0.1) is 17.7 Å². The van der Waals surface area contributed by atoms with Gasteiger partial charge < -0.3 is 14.5 Å². The second-order valence-electron chi connectivity index (χ2n) is 8.12. The van der Waals surface area contributed by atoms with Crippen LogP contribution in [0.5, 0.6) is 0 Å². The first-order valence-corrected chi connectivity index (χ1v) is 9.87. The van der Waals surface area contributed by atoms with E-state index in [1.54, 1.807) is 41.2 Å². The van der Waals surface area contributed by atoms with Gasteiger partial charge in [-0.1, -0.05) is 24.3 Å². The Labute approximate surface area is 173 Å². The third-order valence-corrected chi connectivity index (χ3v) is 6.17. The molecule has 0 N–H and O–H groups in total. The second-order valence-corrected chi connectivity index (χ2v) is 8.12. The maximum atomic E-state index is 13.3. The molecule has 3 aliphatic heterocycles. The third kappa shape index (κ3) is 2.99. The van der Waals surface area contributed by atoms with Crippen molar-refractivity contribution >= 4 is 11.8 Å². The van der Waals surface area contributed by atoms with Crippen molar-refractivity contribution in [2.45, 2.75) is 24.8 Å². The van der Waals surface area contributed by atoms with Crippen LogP contribution in [0.4, 0.5) is 4.39 Å². The van der Waals surface area contributed by atoms with E-state index in [4.69, 9.17) is 4.74 Å². The van der Waals surface area contributed by atoms with Crippen LogP contribution in [-0.4, -0.2) is 56.9 Å². The molecule has 1 aromatic carbocycles. The van der Waals surface area contributed by atoms with E-state index in [2.05, 4.69) is 9.97 Å². The first kappa shape index (κ1) is 18.9. The number of amides is 2. The predicted octanol–water partition coefficient (Wildman–Crippen LogP) is 1.56. The molecule has 2 saturated heterocycles. The molecule has 4 atom stereocenters. The topological polar surface area (TPSA) is 75.6 Å². The fourth-order valence-electron chi connectivity index (χ4n) is 4.79. The molecule has 1 aromatic heterocycles. The predicted molar refractivity (Wildman–Crippen MR) is 104 cm³/mol. The number of benzene rings is 1. The molecule has 30 heavy (non-hydrogen) atoms. The third-order valence-electron chi connectivity index (χ3n) is 6.17. The van der Waals surface area contributed by atoms with Crippen LogP contribution in [0.1, 0.15) is 11.3 Å². The summed E-state index contributed by atoms with van der Waals surface area (Å²) in [5.74, 6) is -1.66. The summed E-state index contributed by atoms with van der Waals surface area (Å²) in [5, 5.41) is 0. The molecular weight excluding hydrogens is 387 g/mol. The number of fused-ring (bicyclic) bond motifs is 1. The van der Waals surface area contributed by atoms with Gasteiger partial charge in [0.25, 0.3) is 0 Å². The Morgan fingerprint density at radius 1 is 1.33 bits per heavy atom. The fourth-order valence-corrected chi connectivity index (χ4v) is 4.79. The Morgan fingerprint density at radius 2 is 2.13 bits per heavy atom. The van der Waals surface area contributed by atoms with Crippen molar-refractivity contribution in [2.24, 2.45) is 11.8 Å². The van der Waals surface area contributed by atoms with Crippen molar-refractivity contribution in [3.8, 4) is 0 Å². The molecule has 2 fully saturated rings. The molecular formula is C22H21FN4O3. The van der Waals surface area contributed by atoms with Crippen molar-refractivity contribution in [3.63, 3.8) is 0 Å². The average Bonchev–Trinajstić information content (AvgIpc) is 3.38. The zero-order valence-electron chi connectivity index (χ0n) is 16.4. The number of aromatic nitrogens is 2. The minimum absolute atomic E-state index is 0.0973. The Bertz CT molecular complexity index is 1010. The number of likely N-dealkylation sites (tertiary alicyclic amines) is 1. The van der Waals surface area contributed by atoms with Crippen LogP contribution in [0.25, 0.3) is 0 Å². The second kappa shape index (κ2) is 6.98. The summed E-state index contributed by atoms with van der Waals surface area (Å²) < 4.78 is 19.4. The standard InChI is InChI=1S/C22H21FN4O3/c1-26(11-16-7-9-24-13-25-16)20(28)18-17-6-8-22(30-17)12-27(21(29)19(18)22)10-14-2-4-15(23)5-3-14/h2-9,13,17-19H,10-12H2,1H3/t17-,18?,19?,22-/m1/s1. The molecule has 1 spiro atoms. The van der Waals surface area contributed by atoms with E-state index >= 15 is 0 Å². The van der Waals surface area contributed by atoms with Crippen molar-refractivity contribution < 1.29 is 18.7 Å². The molecule has 0 radical (unpaired) electrons. The molecule has 2 unspecified atom stereocenters. The summed E-state index contributed by atoms with van der Waals surface area (Å²) in [6.07, 6.45) is 6.50. The lowest BCUT2D eigenvalue weighted by atomic mass is 9.76. The van der Waals surface area contributed by atoms with Crippen molar-refractivity contribution in [3.05, 3.63) is 72.1 Å². The summed E-state index contributed by atoms with van der Waals surface area (Å²) in [6, 6.07) is 7.85. The van der Waals surface area contributed by atoms with E-state index in [1.165, 1.54) is 18.5 Å². The van der Waals surface area contributed by atoms with Gasteiger partial charge in [-0.2, -0.15) is 0 Å². The van der Waals surface area contributed by atoms with Crippen molar-refractivity contribution in [2.75, 3.05) is 13.6 Å². The Balaban J connectivity index is 1.35. The zero-order valence-corrected chi connectivity index (χ0v) is 16.4. The number of hydrogen-bond donors (Lipinski definition) is 0. The monoisotopic (exact) mass is 408 g/mol. The Hall–Kier alpha value is -3.13. The first-order valence-electron chi connectivity index (χ1n) is 9.87. The molecule has 4 heterocycles. The van der Waals surface area contributed by atoms with Crippen molar-refractivity contribution in [1.82, 2.24) is 19.8 Å². The van der Waals surface area contributed by atoms with Gasteiger partial charge >= 0.3 is 0 Å². The Kier molecular flexibility index (Phi) is 4.39. The summed E-state index contributed by atoms with van der Waals surface area (Å²) in [5.41, 5.74) is 0.798. The van der Waals surface area contributed by atoms with Gasteiger partial charge in [-0.15, -0.1) is 0 Å². The molecule has 2 aromatic rings. The van der Waals surface area contributed by atoms with E-state index < -0.39 is 23.5 Å². The van der Waals surface area contributed by atoms with Gasteiger partial charge in [0, 0.05) is 19.8 Å². The van der Waals surface area contributed by atoms with Gasteiger partial charge in [-0.05, 0) is 23.8 Å². The van der Waals surface area contributed by atoms with E-state index in [-0.39, 0.29) is 17.6 Å². The molecule has 5 rings (SSSR count). The normalized spacial score (nSPS) is 28.8. The fraction of sp³-hybridized carbons (Fsp3) is 0.364. The van der Waals surface area contributed by atoms with E-state index in [1.807, 2.05) is 12.2 Å². The number of hydrogen-bond acceptors (Lipinski definition) is 5. The highest BCUT2D eigenvalue weighted by atomic mass is 19.1. The number of carbonyl (C=O) groups excluding carboxylic acids is 2. The summed E-state index contributed by atoms with van der Waals surface area (Å²) in [7, 11) is 1.71. The highest BCUT2D eigenvalue weighted by Crippen LogP contribution is 2.52. The lowest BCUT2D eigenvalue weighted by molar-refractivity contribution is -0.142. The van der Waals surface area contributed by atoms with Crippen LogP contribution < -0.4 is 0 Å². The maximum absolute atomic E-state index is 13.3. The lowest BCUT2D eigenvalue weighted by Gasteiger charge is -2.27. The smallest absolute Gasteiger partial charge is 0.230 e. The average molecular weight is 408 g/mol. The number of nitrogens with zero attached hydrogens (tertiary/aromatic N) is 4. The van der Waals surface area contributed by atoms with Gasteiger partial charge in [0.2, 0.25) is 11.8 Å². The van der Waals surface area contributed by atoms with Crippen LogP contribution in [-0.2, 0) is 27.4 Å². The molecule has 0 aliphatic carbocycles. The quantitative estimate of drug-likeness (QED) is 0.702. The van der Waals surface area contributed by atoms with Gasteiger partial charge in [0.1, 0.15) is 17.7 Å². The number of ether oxygens (including phenoxy) is 1. The van der Waals surface area contributed by atoms with Gasteiger partial charge in [0.15, 0.2) is 0 Å². The molecule has 7 nitrogen and oxygen atoms in total. The van der Waals surface area contributed by atoms with Crippen LogP contribution in [0.15, 0.2) is 55.0 Å². The molecule has 0 saturated carbocycles. The molecule has 2 amide bonds. The SMILES string of the molecule is CN(Cc1ccncn1)C(=O)C1C2C(=O)N(Cc3ccc(F)cc3)C[C@]23C=C[C@H]1O3. The lowest BCUT2D eigenvalue weighted by Crippen LogP contribution is -2.44. The van der Waals surface area contributed by atoms with Crippen molar-refractivity contribution in [1.29, 1.82) is 0 Å². The summed E-state index contributed by atoms with van der Waals surface area (Å²) >= 11 is 0. The minimum atomic E-state index is -0.766. The van der Waals surface area contributed by atoms with Gasteiger partial charge in [0.05, 0.1) is 36.7 Å². The van der Waals surface area contributed by atoms with E-state index in [9.17, 15) is 14.0 Å². The number of rotatable bonds is 5. The first-order chi connectivity index (χ1) is 14.5. The number of carbonyl (C=O) groups is 2. The largest absolute Gasteiger partial charge is 0.360 e. The highest BCUT2D eigenvalue weighted by molar-refractivity contribution is 5.93. The minimum Gasteiger partial charge on any atom is -0.360 e. The van der Waals surface area contributed by atoms with Gasteiger partial charge in [-0.3, -0.25) is 9.59 Å². The summed E-state index contributed by atoms with van der Waals surface area (Å²) in [4.78, 5) is 37.9. The number of halogens is 1. The molecule has 8 heteroatoms. The molecule has 3 aliphatic rings. The maximum Gasteiger partial charge on any atom is 0.230 e. The summed E-state index contributed by atoms with van der Waals surface area (Å²) in [6.45, 7) is 1.08. The molecule has 154 valence electrons. The van der Waals surface area contributed by atoms with Crippen LogP contribution in [0.2, 0.25) is 0 Å². The van der Waals surface area contributed by atoms with Crippen LogP contribution in [0.3, 0.4) is 0 Å². The van der Waals surface area contributed by atoms with Gasteiger partial charge in [-0.25, -0.2) is 14.4 Å². The molecule has 2 bridgehead atoms. The van der Waals surface area contributed by atoms with Crippen LogP contribution >= 0.6 is 0 Å². The van der Waals surface area contributed by atoms with E-state index in [0.717, 1.165) is 11.3 Å². The zero-order chi connectivity index (χ0) is 20.9. The van der Waals surface area contributed by atoms with E-state index in [0.29, 0.717) is 19.6 Å². The Morgan fingerprint density at radius 3 is 2.87 bits per heavy atom.